The molecule has 0 fully saturated rings. The molecule has 0 radical (unpaired) electrons. The Bertz CT molecular complexity index is 500. The van der Waals surface area contributed by atoms with E-state index in [2.05, 4.69) is 5.10 Å². The maximum Gasteiger partial charge on any atom is 0.159 e. The van der Waals surface area contributed by atoms with Crippen molar-refractivity contribution < 1.29 is 13.2 Å². The lowest BCUT2D eigenvalue weighted by molar-refractivity contribution is -0.120. The molecule has 0 N–H and O–H groups in total. The van der Waals surface area contributed by atoms with Crippen LogP contribution in [-0.2, 0) is 28.1 Å². The Morgan fingerprint density at radius 3 is 2.44 bits per heavy atom. The van der Waals surface area contributed by atoms with Gasteiger partial charge in [-0.25, -0.2) is 8.42 Å². The molecule has 0 aromatic carbocycles. The smallest absolute Gasteiger partial charge is 0.159 e. The number of rotatable bonds is 4. The minimum Gasteiger partial charge on any atom is -0.298 e. The molecule has 1 aromatic heterocycles. The van der Waals surface area contributed by atoms with E-state index in [4.69, 9.17) is 0 Å². The van der Waals surface area contributed by atoms with Crippen molar-refractivity contribution in [3.8, 4) is 0 Å². The largest absolute Gasteiger partial charge is 0.298 e. The first kappa shape index (κ1) is 12.9. The summed E-state index contributed by atoms with van der Waals surface area (Å²) in [5.41, 5.74) is 0.726. The molecule has 0 saturated carbocycles. The summed E-state index contributed by atoms with van der Waals surface area (Å²) >= 11 is 0. The van der Waals surface area contributed by atoms with Crippen LogP contribution < -0.4 is 0 Å². The lowest BCUT2D eigenvalue weighted by Crippen LogP contribution is -2.40. The number of hydrogen-bond donors (Lipinski definition) is 0. The number of carbonyl (C=O) groups excluding carboxylic acids is 1. The molecule has 0 spiro atoms. The van der Waals surface area contributed by atoms with Crippen LogP contribution in [-0.4, -0.2) is 35.0 Å². The number of hydrogen-bond acceptors (Lipinski definition) is 4. The van der Waals surface area contributed by atoms with Crippen LogP contribution in [0.1, 0.15) is 19.4 Å². The third kappa shape index (κ3) is 2.49. The van der Waals surface area contributed by atoms with Crippen molar-refractivity contribution in [1.29, 1.82) is 0 Å². The van der Waals surface area contributed by atoms with Gasteiger partial charge in [-0.2, -0.15) is 5.10 Å². The van der Waals surface area contributed by atoms with Crippen molar-refractivity contribution in [2.24, 2.45) is 7.05 Å². The molecule has 1 rings (SSSR count). The summed E-state index contributed by atoms with van der Waals surface area (Å²) in [5, 5.41) is 3.93. The third-order valence-corrected chi connectivity index (χ3v) is 4.80. The van der Waals surface area contributed by atoms with Crippen molar-refractivity contribution in [3.63, 3.8) is 0 Å². The summed E-state index contributed by atoms with van der Waals surface area (Å²) in [6, 6.07) is 0. The summed E-state index contributed by atoms with van der Waals surface area (Å²) in [5.74, 6) is -0.317. The van der Waals surface area contributed by atoms with Gasteiger partial charge in [-0.3, -0.25) is 9.48 Å². The quantitative estimate of drug-likeness (QED) is 0.766. The van der Waals surface area contributed by atoms with Crippen molar-refractivity contribution >= 4 is 15.6 Å². The normalized spacial score (nSPS) is 12.8. The van der Waals surface area contributed by atoms with Crippen molar-refractivity contribution in [2.75, 3.05) is 6.26 Å². The Morgan fingerprint density at radius 2 is 2.06 bits per heavy atom. The Morgan fingerprint density at radius 1 is 1.50 bits per heavy atom. The zero-order valence-electron chi connectivity index (χ0n) is 9.89. The van der Waals surface area contributed by atoms with Crippen LogP contribution in [0.2, 0.25) is 0 Å². The van der Waals surface area contributed by atoms with Gasteiger partial charge in [-0.05, 0) is 19.4 Å². The van der Waals surface area contributed by atoms with Gasteiger partial charge in [-0.15, -0.1) is 0 Å². The summed E-state index contributed by atoms with van der Waals surface area (Å²) in [7, 11) is -1.65. The zero-order chi connectivity index (χ0) is 12.6. The molecule has 0 aliphatic heterocycles. The fraction of sp³-hybridized carbons (Fsp3) is 0.600. The van der Waals surface area contributed by atoms with Crippen LogP contribution in [0.5, 0.6) is 0 Å². The van der Waals surface area contributed by atoms with Gasteiger partial charge in [0.15, 0.2) is 15.6 Å². The number of carbonyl (C=O) groups is 1. The molecular weight excluding hydrogens is 228 g/mol. The Labute approximate surface area is 95.4 Å². The van der Waals surface area contributed by atoms with E-state index in [0.717, 1.165) is 11.8 Å². The average molecular weight is 244 g/mol. The van der Waals surface area contributed by atoms with E-state index in [9.17, 15) is 13.2 Å². The standard InChI is InChI=1S/C10H16N2O3S/c1-10(2,16(4,14)15)9(13)5-8-6-11-12(3)7-8/h6-7H,5H2,1-4H3. The third-order valence-electron chi connectivity index (χ3n) is 2.72. The van der Waals surface area contributed by atoms with E-state index in [0.29, 0.717) is 0 Å². The van der Waals surface area contributed by atoms with E-state index in [1.165, 1.54) is 13.8 Å². The maximum absolute atomic E-state index is 11.9. The molecule has 0 amide bonds. The second kappa shape index (κ2) is 4.01. The molecule has 0 atom stereocenters. The number of ketones is 1. The van der Waals surface area contributed by atoms with Gasteiger partial charge in [0.05, 0.1) is 6.20 Å². The Balaban J connectivity index is 2.89. The van der Waals surface area contributed by atoms with Gasteiger partial charge in [0.2, 0.25) is 0 Å². The number of nitrogens with zero attached hydrogens (tertiary/aromatic N) is 2. The molecule has 16 heavy (non-hydrogen) atoms. The summed E-state index contributed by atoms with van der Waals surface area (Å²) in [6.07, 6.45) is 4.44. The molecule has 5 nitrogen and oxygen atoms in total. The molecular formula is C10H16N2O3S. The lowest BCUT2D eigenvalue weighted by atomic mass is 10.0. The number of Topliss-reactive ketones (excluding diaryl/α,β-unsaturated/α-hetero) is 1. The second-order valence-corrected chi connectivity index (χ2v) is 6.97. The monoisotopic (exact) mass is 244 g/mol. The number of sulfone groups is 1. The van der Waals surface area contributed by atoms with Crippen molar-refractivity contribution in [1.82, 2.24) is 9.78 Å². The number of aryl methyl sites for hydroxylation is 1. The van der Waals surface area contributed by atoms with E-state index in [1.807, 2.05) is 0 Å². The predicted octanol–water partition coefficient (Wildman–Crippen LogP) is 0.355. The molecule has 0 aliphatic rings. The van der Waals surface area contributed by atoms with Crippen molar-refractivity contribution in [2.45, 2.75) is 25.0 Å². The molecule has 0 saturated heterocycles. The zero-order valence-corrected chi connectivity index (χ0v) is 10.7. The molecule has 0 aliphatic carbocycles. The Kier molecular flexibility index (Phi) is 3.23. The fourth-order valence-electron chi connectivity index (χ4n) is 1.17. The van der Waals surface area contributed by atoms with E-state index >= 15 is 0 Å². The van der Waals surface area contributed by atoms with Crippen LogP contribution in [0.15, 0.2) is 12.4 Å². The van der Waals surface area contributed by atoms with Crippen LogP contribution in [0, 0.1) is 0 Å². The topological polar surface area (TPSA) is 69.0 Å². The molecule has 0 unspecified atom stereocenters. The highest BCUT2D eigenvalue weighted by atomic mass is 32.2. The Hall–Kier alpha value is -1.17. The number of aromatic nitrogens is 2. The van der Waals surface area contributed by atoms with Crippen LogP contribution in [0.3, 0.4) is 0 Å². The van der Waals surface area contributed by atoms with Gasteiger partial charge < -0.3 is 0 Å². The summed E-state index contributed by atoms with van der Waals surface area (Å²) in [6.45, 7) is 2.86. The van der Waals surface area contributed by atoms with Gasteiger partial charge in [-0.1, -0.05) is 0 Å². The first-order valence-electron chi connectivity index (χ1n) is 4.85. The van der Waals surface area contributed by atoms with E-state index in [1.54, 1.807) is 24.1 Å². The summed E-state index contributed by atoms with van der Waals surface area (Å²) < 4.78 is 23.1. The summed E-state index contributed by atoms with van der Waals surface area (Å²) in [4.78, 5) is 11.9. The molecule has 6 heteroatoms. The highest BCUT2D eigenvalue weighted by Crippen LogP contribution is 2.18. The maximum atomic E-state index is 11.9. The van der Waals surface area contributed by atoms with Gasteiger partial charge in [0, 0.05) is 25.9 Å². The van der Waals surface area contributed by atoms with E-state index < -0.39 is 14.6 Å². The predicted molar refractivity (Wildman–Crippen MR) is 60.8 cm³/mol. The molecule has 90 valence electrons. The second-order valence-electron chi connectivity index (χ2n) is 4.40. The van der Waals surface area contributed by atoms with Gasteiger partial charge in [0.1, 0.15) is 4.75 Å². The molecule has 1 heterocycles. The van der Waals surface area contributed by atoms with Crippen LogP contribution in [0.4, 0.5) is 0 Å². The molecule has 0 bridgehead atoms. The first-order chi connectivity index (χ1) is 7.14. The van der Waals surface area contributed by atoms with Crippen LogP contribution >= 0.6 is 0 Å². The van der Waals surface area contributed by atoms with Gasteiger partial charge in [0.25, 0.3) is 0 Å². The van der Waals surface area contributed by atoms with Crippen molar-refractivity contribution in [3.05, 3.63) is 18.0 Å². The van der Waals surface area contributed by atoms with Crippen LogP contribution in [0.25, 0.3) is 0 Å². The highest BCUT2D eigenvalue weighted by Gasteiger charge is 2.37. The SMILES string of the molecule is Cn1cc(CC(=O)C(C)(C)S(C)(=O)=O)cn1. The fourth-order valence-corrected chi connectivity index (χ4v) is 1.65. The minimum absolute atomic E-state index is 0.0912. The van der Waals surface area contributed by atoms with Gasteiger partial charge >= 0.3 is 0 Å². The van der Waals surface area contributed by atoms with E-state index in [-0.39, 0.29) is 12.2 Å². The highest BCUT2D eigenvalue weighted by molar-refractivity contribution is 7.92. The lowest BCUT2D eigenvalue weighted by Gasteiger charge is -2.20. The minimum atomic E-state index is -3.39. The first-order valence-corrected chi connectivity index (χ1v) is 6.74. The molecule has 1 aromatic rings. The average Bonchev–Trinajstić information content (AvgIpc) is 2.49.